The molecule has 0 aliphatic heterocycles. The van der Waals surface area contributed by atoms with Crippen LogP contribution in [0.5, 0.6) is 5.75 Å². The molecule has 0 aliphatic rings. The van der Waals surface area contributed by atoms with Gasteiger partial charge in [-0.15, -0.1) is 11.3 Å². The minimum atomic E-state index is -0.840. The smallest absolute Gasteiger partial charge is 0.307 e. The van der Waals surface area contributed by atoms with Gasteiger partial charge in [0.05, 0.1) is 11.3 Å². The molecule has 0 fully saturated rings. The Balaban J connectivity index is 2.01. The fourth-order valence-electron chi connectivity index (χ4n) is 1.50. The van der Waals surface area contributed by atoms with Crippen LogP contribution in [-0.4, -0.2) is 11.1 Å². The van der Waals surface area contributed by atoms with Crippen molar-refractivity contribution in [2.24, 2.45) is 0 Å². The standard InChI is InChI=1S/C13H11BrO3S/c14-11-4-5-18-12(11)8-17-10-3-1-2-9(6-10)7-13(15)16/h1-6H,7-8H2,(H,15,16). The van der Waals surface area contributed by atoms with Crippen LogP contribution < -0.4 is 4.74 Å². The van der Waals surface area contributed by atoms with Crippen molar-refractivity contribution >= 4 is 33.2 Å². The molecule has 0 atom stereocenters. The van der Waals surface area contributed by atoms with Gasteiger partial charge >= 0.3 is 5.97 Å². The summed E-state index contributed by atoms with van der Waals surface area (Å²) in [4.78, 5) is 11.7. The maximum Gasteiger partial charge on any atom is 0.307 e. The minimum Gasteiger partial charge on any atom is -0.488 e. The predicted molar refractivity (Wildman–Crippen MR) is 74.1 cm³/mol. The molecule has 0 saturated heterocycles. The van der Waals surface area contributed by atoms with Crippen LogP contribution in [0.2, 0.25) is 0 Å². The summed E-state index contributed by atoms with van der Waals surface area (Å²) in [6, 6.07) is 9.14. The van der Waals surface area contributed by atoms with Crippen molar-refractivity contribution in [3.8, 4) is 5.75 Å². The largest absolute Gasteiger partial charge is 0.488 e. The summed E-state index contributed by atoms with van der Waals surface area (Å²) in [6.07, 6.45) is 0.0138. The Morgan fingerprint density at radius 1 is 1.39 bits per heavy atom. The van der Waals surface area contributed by atoms with E-state index in [9.17, 15) is 4.79 Å². The maximum absolute atomic E-state index is 10.6. The van der Waals surface area contributed by atoms with Crippen molar-refractivity contribution in [1.82, 2.24) is 0 Å². The number of thiophene rings is 1. The zero-order valence-corrected chi connectivity index (χ0v) is 11.8. The van der Waals surface area contributed by atoms with E-state index in [1.165, 1.54) is 0 Å². The molecule has 1 heterocycles. The summed E-state index contributed by atoms with van der Waals surface area (Å²) in [5.74, 6) is -0.151. The van der Waals surface area contributed by atoms with Gasteiger partial charge in [-0.25, -0.2) is 0 Å². The van der Waals surface area contributed by atoms with Crippen LogP contribution in [0.3, 0.4) is 0 Å². The molecule has 0 radical (unpaired) electrons. The third-order valence-corrected chi connectivity index (χ3v) is 4.21. The summed E-state index contributed by atoms with van der Waals surface area (Å²) in [5, 5.41) is 10.7. The first-order valence-corrected chi connectivity index (χ1v) is 6.98. The number of hydrogen-bond acceptors (Lipinski definition) is 3. The quantitative estimate of drug-likeness (QED) is 0.910. The van der Waals surface area contributed by atoms with Gasteiger partial charge in [0.15, 0.2) is 0 Å². The molecule has 2 rings (SSSR count). The van der Waals surface area contributed by atoms with E-state index in [1.807, 2.05) is 17.5 Å². The molecule has 2 aromatic rings. The Morgan fingerprint density at radius 2 is 2.22 bits per heavy atom. The maximum atomic E-state index is 10.6. The number of carboxylic acids is 1. The lowest BCUT2D eigenvalue weighted by Crippen LogP contribution is -2.00. The van der Waals surface area contributed by atoms with Crippen LogP contribution in [0.15, 0.2) is 40.2 Å². The van der Waals surface area contributed by atoms with Gasteiger partial charge in [-0.2, -0.15) is 0 Å². The molecule has 0 saturated carbocycles. The zero-order valence-electron chi connectivity index (χ0n) is 9.43. The molecule has 3 nitrogen and oxygen atoms in total. The Morgan fingerprint density at radius 3 is 2.89 bits per heavy atom. The molecule has 94 valence electrons. The normalized spacial score (nSPS) is 10.3. The molecular formula is C13H11BrO3S. The van der Waals surface area contributed by atoms with Crippen molar-refractivity contribution in [3.05, 3.63) is 50.6 Å². The molecule has 1 N–H and O–H groups in total. The third-order valence-electron chi connectivity index (χ3n) is 2.31. The number of hydrogen-bond donors (Lipinski definition) is 1. The highest BCUT2D eigenvalue weighted by Gasteiger charge is 2.04. The topological polar surface area (TPSA) is 46.5 Å². The molecule has 0 bridgehead atoms. The van der Waals surface area contributed by atoms with Gasteiger partial charge in [-0.05, 0) is 45.1 Å². The van der Waals surface area contributed by atoms with Crippen molar-refractivity contribution < 1.29 is 14.6 Å². The summed E-state index contributed by atoms with van der Waals surface area (Å²) < 4.78 is 6.68. The number of rotatable bonds is 5. The van der Waals surface area contributed by atoms with Crippen molar-refractivity contribution in [2.75, 3.05) is 0 Å². The average molecular weight is 327 g/mol. The van der Waals surface area contributed by atoms with Crippen molar-refractivity contribution in [1.29, 1.82) is 0 Å². The molecule has 0 spiro atoms. The van der Waals surface area contributed by atoms with E-state index in [1.54, 1.807) is 29.5 Å². The van der Waals surface area contributed by atoms with Gasteiger partial charge in [-0.1, -0.05) is 12.1 Å². The second kappa shape index (κ2) is 6.02. The summed E-state index contributed by atoms with van der Waals surface area (Å²) in [7, 11) is 0. The number of halogens is 1. The number of carbonyl (C=O) groups is 1. The number of carboxylic acid groups (broad SMARTS) is 1. The molecule has 0 unspecified atom stereocenters. The number of benzene rings is 1. The van der Waals surface area contributed by atoms with Crippen LogP contribution in [-0.2, 0) is 17.8 Å². The first kappa shape index (κ1) is 13.1. The van der Waals surface area contributed by atoms with Gasteiger partial charge in [0, 0.05) is 4.47 Å². The Labute approximate surface area is 117 Å². The lowest BCUT2D eigenvalue weighted by atomic mass is 10.1. The van der Waals surface area contributed by atoms with Gasteiger partial charge in [0.1, 0.15) is 12.4 Å². The molecule has 5 heteroatoms. The van der Waals surface area contributed by atoms with Crippen LogP contribution >= 0.6 is 27.3 Å². The Bertz CT molecular complexity index is 551. The molecular weight excluding hydrogens is 316 g/mol. The van der Waals surface area contributed by atoms with Gasteiger partial charge in [0.2, 0.25) is 0 Å². The monoisotopic (exact) mass is 326 g/mol. The first-order chi connectivity index (χ1) is 8.65. The van der Waals surface area contributed by atoms with Crippen molar-refractivity contribution in [2.45, 2.75) is 13.0 Å². The Hall–Kier alpha value is -1.33. The third kappa shape index (κ3) is 3.58. The van der Waals surface area contributed by atoms with Crippen LogP contribution in [0.25, 0.3) is 0 Å². The highest BCUT2D eigenvalue weighted by molar-refractivity contribution is 9.10. The molecule has 1 aromatic heterocycles. The van der Waals surface area contributed by atoms with Gasteiger partial charge in [-0.3, -0.25) is 4.79 Å². The fraction of sp³-hybridized carbons (Fsp3) is 0.154. The second-order valence-corrected chi connectivity index (χ2v) is 5.55. The summed E-state index contributed by atoms with van der Waals surface area (Å²) >= 11 is 5.06. The molecule has 0 aliphatic carbocycles. The molecule has 0 amide bonds. The second-order valence-electron chi connectivity index (χ2n) is 3.70. The van der Waals surface area contributed by atoms with Crippen LogP contribution in [0.1, 0.15) is 10.4 Å². The van der Waals surface area contributed by atoms with E-state index in [2.05, 4.69) is 15.9 Å². The number of aliphatic carboxylic acids is 1. The SMILES string of the molecule is O=C(O)Cc1cccc(OCc2sccc2Br)c1. The summed E-state index contributed by atoms with van der Waals surface area (Å²) in [6.45, 7) is 0.481. The van der Waals surface area contributed by atoms with E-state index in [0.29, 0.717) is 12.4 Å². The summed E-state index contributed by atoms with van der Waals surface area (Å²) in [5.41, 5.74) is 0.741. The highest BCUT2D eigenvalue weighted by Crippen LogP contribution is 2.24. The van der Waals surface area contributed by atoms with E-state index < -0.39 is 5.97 Å². The van der Waals surface area contributed by atoms with Gasteiger partial charge < -0.3 is 9.84 Å². The van der Waals surface area contributed by atoms with Crippen LogP contribution in [0, 0.1) is 0 Å². The predicted octanol–water partition coefficient (Wildman–Crippen LogP) is 3.72. The fourth-order valence-corrected chi connectivity index (χ4v) is 2.87. The average Bonchev–Trinajstić information content (AvgIpc) is 2.72. The zero-order chi connectivity index (χ0) is 13.0. The highest BCUT2D eigenvalue weighted by atomic mass is 79.9. The van der Waals surface area contributed by atoms with E-state index in [4.69, 9.17) is 9.84 Å². The van der Waals surface area contributed by atoms with E-state index in [0.717, 1.165) is 14.9 Å². The molecule has 1 aromatic carbocycles. The van der Waals surface area contributed by atoms with E-state index >= 15 is 0 Å². The minimum absolute atomic E-state index is 0.0138. The lowest BCUT2D eigenvalue weighted by molar-refractivity contribution is -0.136. The van der Waals surface area contributed by atoms with Crippen molar-refractivity contribution in [3.63, 3.8) is 0 Å². The lowest BCUT2D eigenvalue weighted by Gasteiger charge is -2.06. The first-order valence-electron chi connectivity index (χ1n) is 5.30. The number of ether oxygens (including phenoxy) is 1. The van der Waals surface area contributed by atoms with Crippen LogP contribution in [0.4, 0.5) is 0 Å². The Kier molecular flexibility index (Phi) is 4.38. The van der Waals surface area contributed by atoms with E-state index in [-0.39, 0.29) is 6.42 Å². The van der Waals surface area contributed by atoms with Gasteiger partial charge in [0.25, 0.3) is 0 Å². The molecule has 18 heavy (non-hydrogen) atoms.